The quantitative estimate of drug-likeness (QED) is 0.514. The number of carbonyl (C=O) groups is 1. The number of ether oxygens (including phenoxy) is 3. The molecule has 0 radical (unpaired) electrons. The van der Waals surface area contributed by atoms with Crippen molar-refractivity contribution in [2.75, 3.05) is 6.79 Å². The molecule has 4 rings (SSSR count). The highest BCUT2D eigenvalue weighted by atomic mass is 16.7. The minimum absolute atomic E-state index is 0.0377. The summed E-state index contributed by atoms with van der Waals surface area (Å²) >= 11 is 0. The Labute approximate surface area is 197 Å². The zero-order valence-corrected chi connectivity index (χ0v) is 20.1. The van der Waals surface area contributed by atoms with Crippen molar-refractivity contribution in [1.82, 2.24) is 5.32 Å². The first-order valence-electron chi connectivity index (χ1n) is 12.3. The van der Waals surface area contributed by atoms with Crippen molar-refractivity contribution in [2.45, 2.75) is 83.5 Å². The molecule has 0 saturated heterocycles. The summed E-state index contributed by atoms with van der Waals surface area (Å²) in [4.78, 5) is 12.9. The molecule has 178 valence electrons. The van der Waals surface area contributed by atoms with Crippen molar-refractivity contribution in [3.05, 3.63) is 65.2 Å². The van der Waals surface area contributed by atoms with Gasteiger partial charge in [0.1, 0.15) is 12.4 Å². The van der Waals surface area contributed by atoms with Crippen molar-refractivity contribution in [2.24, 2.45) is 5.92 Å². The van der Waals surface area contributed by atoms with Crippen molar-refractivity contribution >= 4 is 6.09 Å². The molecular weight excluding hydrogens is 414 g/mol. The van der Waals surface area contributed by atoms with E-state index in [1.165, 1.54) is 24.0 Å². The molecular formula is C28H37NO4. The lowest BCUT2D eigenvalue weighted by Gasteiger charge is -2.49. The number of amides is 1. The van der Waals surface area contributed by atoms with Gasteiger partial charge in [0.15, 0.2) is 6.79 Å². The van der Waals surface area contributed by atoms with Crippen LogP contribution in [0.1, 0.15) is 69.6 Å². The van der Waals surface area contributed by atoms with Crippen LogP contribution >= 0.6 is 0 Å². The van der Waals surface area contributed by atoms with Crippen molar-refractivity contribution < 1.29 is 19.0 Å². The average Bonchev–Trinajstić information content (AvgIpc) is 2.80. The Hall–Kier alpha value is -2.53. The Bertz CT molecular complexity index is 929. The van der Waals surface area contributed by atoms with E-state index in [4.69, 9.17) is 14.2 Å². The molecule has 0 unspecified atom stereocenters. The van der Waals surface area contributed by atoms with Crippen LogP contribution in [0.5, 0.6) is 5.75 Å². The third kappa shape index (κ3) is 5.70. The second-order valence-electron chi connectivity index (χ2n) is 9.96. The van der Waals surface area contributed by atoms with E-state index < -0.39 is 0 Å². The molecule has 1 fully saturated rings. The number of hydrogen-bond acceptors (Lipinski definition) is 4. The predicted octanol–water partition coefficient (Wildman–Crippen LogP) is 6.14. The van der Waals surface area contributed by atoms with E-state index in [0.717, 1.165) is 37.0 Å². The van der Waals surface area contributed by atoms with E-state index in [-0.39, 0.29) is 37.1 Å². The minimum Gasteiger partial charge on any atom is -0.468 e. The highest BCUT2D eigenvalue weighted by Crippen LogP contribution is 2.47. The maximum atomic E-state index is 12.9. The predicted molar refractivity (Wildman–Crippen MR) is 129 cm³/mol. The first-order chi connectivity index (χ1) is 16.0. The van der Waals surface area contributed by atoms with Gasteiger partial charge in [-0.2, -0.15) is 0 Å². The Kier molecular flexibility index (Phi) is 7.59. The van der Waals surface area contributed by atoms with Gasteiger partial charge in [0.25, 0.3) is 0 Å². The van der Waals surface area contributed by atoms with Crippen LogP contribution in [0.15, 0.2) is 48.5 Å². The molecule has 5 heteroatoms. The van der Waals surface area contributed by atoms with Crippen LogP contribution in [0.25, 0.3) is 0 Å². The summed E-state index contributed by atoms with van der Waals surface area (Å²) in [5, 5.41) is 3.29. The number of nitrogens with one attached hydrogen (secondary N) is 1. The minimum atomic E-state index is -0.332. The zero-order chi connectivity index (χ0) is 23.3. The topological polar surface area (TPSA) is 56.8 Å². The second kappa shape index (κ2) is 10.6. The lowest BCUT2D eigenvalue weighted by atomic mass is 9.59. The highest BCUT2D eigenvalue weighted by Gasteiger charge is 2.46. The molecule has 3 atom stereocenters. The van der Waals surface area contributed by atoms with E-state index in [9.17, 15) is 4.79 Å². The number of alkyl carbamates (subject to hydrolysis) is 1. The first kappa shape index (κ1) is 23.6. The molecule has 1 amide bonds. The summed E-state index contributed by atoms with van der Waals surface area (Å²) in [7, 11) is 0. The first-order valence-corrected chi connectivity index (χ1v) is 12.3. The summed E-state index contributed by atoms with van der Waals surface area (Å²) in [5.41, 5.74) is 3.49. The summed E-state index contributed by atoms with van der Waals surface area (Å²) in [6, 6.07) is 16.3. The molecule has 0 aliphatic heterocycles. The van der Waals surface area contributed by atoms with E-state index in [2.05, 4.69) is 24.4 Å². The number of benzene rings is 2. The Morgan fingerprint density at radius 1 is 1.12 bits per heavy atom. The SMILES string of the molecule is CC(C)OCOc1ccc2c(c1)[C@@]1(C)CCCCC[C@@H](C2)[C@@H]1NC(=O)OCc1ccccc1. The van der Waals surface area contributed by atoms with E-state index in [1.807, 2.05) is 50.2 Å². The Morgan fingerprint density at radius 3 is 2.73 bits per heavy atom. The molecule has 2 aliphatic rings. The van der Waals surface area contributed by atoms with Gasteiger partial charge >= 0.3 is 6.09 Å². The fraction of sp³-hybridized carbons (Fsp3) is 0.536. The molecule has 2 aromatic rings. The van der Waals surface area contributed by atoms with Gasteiger partial charge in [-0.05, 0) is 67.9 Å². The standard InChI is InChI=1S/C28H37NO4/c1-20(2)32-19-33-24-14-13-22-16-23-12-8-5-9-15-28(3,25(22)17-24)26(23)29-27(30)31-18-21-10-6-4-7-11-21/h4,6-7,10-11,13-14,17,20,23,26H,5,8-9,12,15-16,18-19H2,1-3H3,(H,29,30)/t23-,26-,28+/m0/s1. The monoisotopic (exact) mass is 451 g/mol. The molecule has 1 saturated carbocycles. The van der Waals surface area contributed by atoms with Gasteiger partial charge in [-0.25, -0.2) is 4.79 Å². The van der Waals surface area contributed by atoms with Crippen LogP contribution in [-0.2, 0) is 27.9 Å². The van der Waals surface area contributed by atoms with Crippen LogP contribution < -0.4 is 10.1 Å². The van der Waals surface area contributed by atoms with Gasteiger partial charge < -0.3 is 19.5 Å². The van der Waals surface area contributed by atoms with Crippen molar-refractivity contribution in [3.63, 3.8) is 0 Å². The number of hydrogen-bond donors (Lipinski definition) is 1. The van der Waals surface area contributed by atoms with E-state index >= 15 is 0 Å². The van der Waals surface area contributed by atoms with Crippen molar-refractivity contribution in [3.8, 4) is 5.75 Å². The maximum Gasteiger partial charge on any atom is 0.407 e. The molecule has 5 nitrogen and oxygen atoms in total. The zero-order valence-electron chi connectivity index (χ0n) is 20.1. The van der Waals surface area contributed by atoms with Gasteiger partial charge in [-0.3, -0.25) is 0 Å². The third-order valence-electron chi connectivity index (χ3n) is 7.22. The summed E-state index contributed by atoms with van der Waals surface area (Å²) in [6.07, 6.45) is 6.53. The van der Waals surface area contributed by atoms with Gasteiger partial charge in [-0.15, -0.1) is 0 Å². The van der Waals surface area contributed by atoms with Crippen molar-refractivity contribution in [1.29, 1.82) is 0 Å². The van der Waals surface area contributed by atoms with Gasteiger partial charge in [0.2, 0.25) is 0 Å². The molecule has 33 heavy (non-hydrogen) atoms. The van der Waals surface area contributed by atoms with Crippen LogP contribution in [0.2, 0.25) is 0 Å². The van der Waals surface area contributed by atoms with Gasteiger partial charge in [0.05, 0.1) is 6.10 Å². The molecule has 0 spiro atoms. The summed E-state index contributed by atoms with van der Waals surface area (Å²) in [5.74, 6) is 1.23. The Balaban J connectivity index is 1.53. The number of fused-ring (bicyclic) bond motifs is 4. The van der Waals surface area contributed by atoms with E-state index in [1.54, 1.807) is 0 Å². The lowest BCUT2D eigenvalue weighted by molar-refractivity contribution is -0.0201. The number of carbonyl (C=O) groups excluding carboxylic acids is 1. The lowest BCUT2D eigenvalue weighted by Crippen LogP contribution is -2.57. The molecule has 0 aromatic heterocycles. The van der Waals surface area contributed by atoms with Gasteiger partial charge in [0, 0.05) is 11.5 Å². The largest absolute Gasteiger partial charge is 0.468 e. The number of rotatable bonds is 7. The Morgan fingerprint density at radius 2 is 1.94 bits per heavy atom. The molecule has 2 bridgehead atoms. The maximum absolute atomic E-state index is 12.9. The second-order valence-corrected chi connectivity index (χ2v) is 9.96. The molecule has 0 heterocycles. The normalized spacial score (nSPS) is 24.4. The van der Waals surface area contributed by atoms with Crippen LogP contribution in [0.4, 0.5) is 4.79 Å². The summed E-state index contributed by atoms with van der Waals surface area (Å²) in [6.45, 7) is 6.83. The molecule has 1 N–H and O–H groups in total. The smallest absolute Gasteiger partial charge is 0.407 e. The van der Waals surface area contributed by atoms with Crippen LogP contribution in [0.3, 0.4) is 0 Å². The third-order valence-corrected chi connectivity index (χ3v) is 7.22. The fourth-order valence-corrected chi connectivity index (χ4v) is 5.48. The van der Waals surface area contributed by atoms with Crippen LogP contribution in [0, 0.1) is 5.92 Å². The highest BCUT2D eigenvalue weighted by molar-refractivity contribution is 5.68. The molecule has 2 aliphatic carbocycles. The fourth-order valence-electron chi connectivity index (χ4n) is 5.48. The summed E-state index contributed by atoms with van der Waals surface area (Å²) < 4.78 is 17.1. The van der Waals surface area contributed by atoms with Gasteiger partial charge in [-0.1, -0.05) is 62.6 Å². The van der Waals surface area contributed by atoms with Crippen LogP contribution in [-0.4, -0.2) is 25.0 Å². The molecule has 2 aromatic carbocycles. The van der Waals surface area contributed by atoms with E-state index in [0.29, 0.717) is 5.92 Å². The average molecular weight is 452 g/mol.